The van der Waals surface area contributed by atoms with Crippen molar-refractivity contribution in [1.82, 2.24) is 4.98 Å². The van der Waals surface area contributed by atoms with Gasteiger partial charge in [0.1, 0.15) is 0 Å². The highest BCUT2D eigenvalue weighted by Crippen LogP contribution is 2.20. The number of benzene rings is 1. The van der Waals surface area contributed by atoms with Crippen molar-refractivity contribution in [3.63, 3.8) is 0 Å². The Labute approximate surface area is 76.9 Å². The third-order valence-corrected chi connectivity index (χ3v) is 2.11. The van der Waals surface area contributed by atoms with E-state index in [0.717, 1.165) is 22.9 Å². The fourth-order valence-electron chi connectivity index (χ4n) is 1.46. The SMILES string of the molecule is CCc1cc(O)nc2cc[c]cc12. The second kappa shape index (κ2) is 3.05. The topological polar surface area (TPSA) is 33.1 Å². The summed E-state index contributed by atoms with van der Waals surface area (Å²) in [5.41, 5.74) is 1.94. The van der Waals surface area contributed by atoms with Gasteiger partial charge >= 0.3 is 0 Å². The van der Waals surface area contributed by atoms with Crippen LogP contribution in [0.15, 0.2) is 24.3 Å². The first-order valence-corrected chi connectivity index (χ1v) is 4.30. The molecule has 2 rings (SSSR count). The van der Waals surface area contributed by atoms with E-state index in [1.807, 2.05) is 12.1 Å². The molecule has 0 aliphatic rings. The Morgan fingerprint density at radius 2 is 2.38 bits per heavy atom. The maximum Gasteiger partial charge on any atom is 0.211 e. The molecular weight excluding hydrogens is 162 g/mol. The molecule has 0 fully saturated rings. The lowest BCUT2D eigenvalue weighted by Crippen LogP contribution is -1.86. The van der Waals surface area contributed by atoms with E-state index in [1.165, 1.54) is 0 Å². The van der Waals surface area contributed by atoms with Crippen LogP contribution in [0.5, 0.6) is 5.88 Å². The van der Waals surface area contributed by atoms with Crippen LogP contribution in [0.25, 0.3) is 10.9 Å². The van der Waals surface area contributed by atoms with E-state index in [1.54, 1.807) is 12.1 Å². The van der Waals surface area contributed by atoms with E-state index in [0.29, 0.717) is 0 Å². The van der Waals surface area contributed by atoms with Gasteiger partial charge < -0.3 is 5.11 Å². The van der Waals surface area contributed by atoms with Crippen LogP contribution in [0, 0.1) is 6.07 Å². The van der Waals surface area contributed by atoms with Crippen molar-refractivity contribution in [3.05, 3.63) is 35.9 Å². The Bertz CT molecular complexity index is 437. The molecule has 1 aromatic carbocycles. The molecule has 1 heterocycles. The molecule has 0 saturated heterocycles. The van der Waals surface area contributed by atoms with E-state index in [-0.39, 0.29) is 5.88 Å². The van der Waals surface area contributed by atoms with Crippen LogP contribution in [-0.2, 0) is 6.42 Å². The number of rotatable bonds is 1. The van der Waals surface area contributed by atoms with Gasteiger partial charge in [-0.25, -0.2) is 4.98 Å². The molecule has 2 nitrogen and oxygen atoms in total. The molecule has 0 spiro atoms. The van der Waals surface area contributed by atoms with Crippen molar-refractivity contribution in [1.29, 1.82) is 0 Å². The van der Waals surface area contributed by atoms with Crippen LogP contribution in [0.4, 0.5) is 0 Å². The summed E-state index contributed by atoms with van der Waals surface area (Å²) in [5, 5.41) is 10.4. The monoisotopic (exact) mass is 172 g/mol. The normalized spacial score (nSPS) is 10.5. The second-order valence-electron chi connectivity index (χ2n) is 2.94. The van der Waals surface area contributed by atoms with Gasteiger partial charge in [-0.3, -0.25) is 0 Å². The number of pyridine rings is 1. The van der Waals surface area contributed by atoms with Crippen molar-refractivity contribution in [2.75, 3.05) is 0 Å². The van der Waals surface area contributed by atoms with Crippen LogP contribution < -0.4 is 0 Å². The molecule has 0 atom stereocenters. The summed E-state index contributed by atoms with van der Waals surface area (Å²) in [4.78, 5) is 4.02. The molecule has 2 heteroatoms. The molecule has 2 aromatic rings. The minimum Gasteiger partial charge on any atom is -0.493 e. The summed E-state index contributed by atoms with van der Waals surface area (Å²) in [7, 11) is 0. The summed E-state index contributed by atoms with van der Waals surface area (Å²) in [6.07, 6.45) is 0.893. The molecule has 0 bridgehead atoms. The summed E-state index contributed by atoms with van der Waals surface area (Å²) in [6.45, 7) is 2.06. The lowest BCUT2D eigenvalue weighted by molar-refractivity contribution is 0.455. The number of hydrogen-bond acceptors (Lipinski definition) is 2. The van der Waals surface area contributed by atoms with E-state index in [9.17, 15) is 5.11 Å². The van der Waals surface area contributed by atoms with Crippen molar-refractivity contribution in [2.24, 2.45) is 0 Å². The van der Waals surface area contributed by atoms with Gasteiger partial charge in [-0.1, -0.05) is 13.0 Å². The van der Waals surface area contributed by atoms with Crippen LogP contribution in [0.3, 0.4) is 0 Å². The van der Waals surface area contributed by atoms with Crippen molar-refractivity contribution in [2.45, 2.75) is 13.3 Å². The van der Waals surface area contributed by atoms with Gasteiger partial charge in [-0.2, -0.15) is 0 Å². The molecule has 0 amide bonds. The Kier molecular flexibility index (Phi) is 1.89. The van der Waals surface area contributed by atoms with Gasteiger partial charge in [0.15, 0.2) is 0 Å². The molecule has 0 saturated carbocycles. The van der Waals surface area contributed by atoms with Crippen LogP contribution in [-0.4, -0.2) is 10.1 Å². The number of nitrogens with zero attached hydrogens (tertiary/aromatic N) is 1. The summed E-state index contributed by atoms with van der Waals surface area (Å²) >= 11 is 0. The fourth-order valence-corrected chi connectivity index (χ4v) is 1.46. The van der Waals surface area contributed by atoms with Gasteiger partial charge in [0.2, 0.25) is 5.88 Å². The highest BCUT2D eigenvalue weighted by molar-refractivity contribution is 5.82. The van der Waals surface area contributed by atoms with Crippen LogP contribution in [0.1, 0.15) is 12.5 Å². The van der Waals surface area contributed by atoms with Gasteiger partial charge in [0.25, 0.3) is 0 Å². The standard InChI is InChI=1S/C11H10NO/c1-2-8-7-11(13)12-10-6-4-3-5-9(8)10/h4-7H,2H2,1H3,(H,12,13). The predicted molar refractivity (Wildman–Crippen MR) is 51.6 cm³/mol. The highest BCUT2D eigenvalue weighted by atomic mass is 16.3. The minimum absolute atomic E-state index is 0.0931. The zero-order valence-electron chi connectivity index (χ0n) is 7.41. The van der Waals surface area contributed by atoms with Gasteiger partial charge in [0, 0.05) is 11.5 Å². The molecule has 1 N–H and O–H groups in total. The van der Waals surface area contributed by atoms with Crippen LogP contribution >= 0.6 is 0 Å². The average Bonchev–Trinajstić information content (AvgIpc) is 2.16. The molecule has 65 valence electrons. The predicted octanol–water partition coefficient (Wildman–Crippen LogP) is 2.30. The Morgan fingerprint density at radius 1 is 1.54 bits per heavy atom. The quantitative estimate of drug-likeness (QED) is 0.716. The largest absolute Gasteiger partial charge is 0.493 e. The van der Waals surface area contributed by atoms with Crippen molar-refractivity contribution in [3.8, 4) is 5.88 Å². The Hall–Kier alpha value is -1.57. The summed E-state index contributed by atoms with van der Waals surface area (Å²) in [5.74, 6) is 0.0931. The zero-order chi connectivity index (χ0) is 9.26. The highest BCUT2D eigenvalue weighted by Gasteiger charge is 2.01. The van der Waals surface area contributed by atoms with Gasteiger partial charge in [0.05, 0.1) is 5.52 Å². The molecule has 0 aliphatic heterocycles. The van der Waals surface area contributed by atoms with Gasteiger partial charge in [-0.15, -0.1) is 0 Å². The third kappa shape index (κ3) is 1.35. The van der Waals surface area contributed by atoms with E-state index < -0.39 is 0 Å². The van der Waals surface area contributed by atoms with Crippen molar-refractivity contribution < 1.29 is 5.11 Å². The number of aromatic hydroxyl groups is 1. The van der Waals surface area contributed by atoms with E-state index in [4.69, 9.17) is 0 Å². The first-order valence-electron chi connectivity index (χ1n) is 4.30. The number of fused-ring (bicyclic) bond motifs is 1. The molecule has 0 aliphatic carbocycles. The Balaban J connectivity index is 2.81. The van der Waals surface area contributed by atoms with Crippen LogP contribution in [0.2, 0.25) is 0 Å². The lowest BCUT2D eigenvalue weighted by Gasteiger charge is -2.03. The molecule has 0 unspecified atom stereocenters. The minimum atomic E-state index is 0.0931. The smallest absolute Gasteiger partial charge is 0.211 e. The summed E-state index contributed by atoms with van der Waals surface area (Å²) in [6, 6.07) is 10.3. The van der Waals surface area contributed by atoms with E-state index in [2.05, 4.69) is 18.0 Å². The maximum atomic E-state index is 9.32. The second-order valence-corrected chi connectivity index (χ2v) is 2.94. The first kappa shape index (κ1) is 8.05. The third-order valence-electron chi connectivity index (χ3n) is 2.11. The van der Waals surface area contributed by atoms with Gasteiger partial charge in [-0.05, 0) is 30.2 Å². The maximum absolute atomic E-state index is 9.32. The summed E-state index contributed by atoms with van der Waals surface area (Å²) < 4.78 is 0. The fraction of sp³-hybridized carbons (Fsp3) is 0.182. The molecule has 1 aromatic heterocycles. The number of aromatic nitrogens is 1. The lowest BCUT2D eigenvalue weighted by atomic mass is 10.1. The number of hydrogen-bond donors (Lipinski definition) is 1. The van der Waals surface area contributed by atoms with Crippen molar-refractivity contribution >= 4 is 10.9 Å². The zero-order valence-corrected chi connectivity index (χ0v) is 7.41. The molecule has 1 radical (unpaired) electrons. The molecule has 13 heavy (non-hydrogen) atoms. The first-order chi connectivity index (χ1) is 6.31. The van der Waals surface area contributed by atoms with E-state index >= 15 is 0 Å². The average molecular weight is 172 g/mol. The Morgan fingerprint density at radius 3 is 3.15 bits per heavy atom. The molecular formula is C11H10NO. The number of aryl methyl sites for hydroxylation is 1.